The predicted octanol–water partition coefficient (Wildman–Crippen LogP) is 0.961. The minimum absolute atomic E-state index is 0.0340. The van der Waals surface area contributed by atoms with Gasteiger partial charge in [0.2, 0.25) is 0 Å². The third-order valence-electron chi connectivity index (χ3n) is 8.46. The van der Waals surface area contributed by atoms with E-state index in [4.69, 9.17) is 4.74 Å². The molecule has 0 saturated carbocycles. The maximum Gasteiger partial charge on any atom is 0.331 e. The van der Waals surface area contributed by atoms with Gasteiger partial charge < -0.3 is 55.8 Å². The summed E-state index contributed by atoms with van der Waals surface area (Å²) in [4.78, 5) is 12.4. The molecule has 0 aliphatic carbocycles. The summed E-state index contributed by atoms with van der Waals surface area (Å²) in [6.07, 6.45) is 1.83. The van der Waals surface area contributed by atoms with E-state index in [9.17, 15) is 55.9 Å². The average molecular weight is 685 g/mol. The molecule has 0 spiro atoms. The summed E-state index contributed by atoms with van der Waals surface area (Å²) < 4.78 is 5.63. The van der Waals surface area contributed by atoms with Crippen molar-refractivity contribution in [2.24, 2.45) is 17.8 Å². The second-order valence-electron chi connectivity index (χ2n) is 13.4. The fourth-order valence-electron chi connectivity index (χ4n) is 5.58. The SMILES string of the molecule is CC(C)C1OC(=O)C=CC=CC=CC=CC(O)C(O)CC(O)C(C)C(O)CC(O)CC(O)CC(O)CC(O)CC(O)CC(O)C=CC1C. The fraction of sp³-hybridized carbons (Fsp3) is 0.694. The maximum absolute atomic E-state index is 12.4. The molecular formula is C36H60O12. The standard InChI is InChI=1S/C36H60O12/c1-22(2)36-23(3)13-14-25(37)15-26(38)16-27(39)17-28(40)18-29(41)19-30(42)20-32(44)24(4)33(45)21-34(46)31(43)11-9-7-5-6-8-10-12-35(47)48-36/h5-14,22-34,36-46H,15-21H2,1-4H3. The second kappa shape index (κ2) is 23.2. The number of cyclic esters (lactones) is 1. The Morgan fingerprint density at radius 3 is 1.56 bits per heavy atom. The Labute approximate surface area is 284 Å². The maximum atomic E-state index is 12.4. The van der Waals surface area contributed by atoms with E-state index >= 15 is 0 Å². The van der Waals surface area contributed by atoms with Gasteiger partial charge in [-0.2, -0.15) is 0 Å². The van der Waals surface area contributed by atoms with Gasteiger partial charge in [0, 0.05) is 30.8 Å². The van der Waals surface area contributed by atoms with Crippen LogP contribution < -0.4 is 0 Å². The summed E-state index contributed by atoms with van der Waals surface area (Å²) in [6, 6.07) is 0. The second-order valence-corrected chi connectivity index (χ2v) is 13.4. The molecule has 0 aromatic heterocycles. The van der Waals surface area contributed by atoms with Crippen LogP contribution in [0.2, 0.25) is 0 Å². The molecule has 1 heterocycles. The van der Waals surface area contributed by atoms with Crippen LogP contribution in [0.15, 0.2) is 60.8 Å². The summed E-state index contributed by atoms with van der Waals surface area (Å²) in [5.41, 5.74) is 0. The number of aliphatic hydroxyl groups is 10. The number of hydrogen-bond donors (Lipinski definition) is 10. The van der Waals surface area contributed by atoms with Gasteiger partial charge in [-0.3, -0.25) is 0 Å². The van der Waals surface area contributed by atoms with Gasteiger partial charge >= 0.3 is 5.97 Å². The van der Waals surface area contributed by atoms with Gasteiger partial charge in [0.05, 0.1) is 61.0 Å². The fourth-order valence-corrected chi connectivity index (χ4v) is 5.58. The third-order valence-corrected chi connectivity index (χ3v) is 8.46. The zero-order chi connectivity index (χ0) is 36.4. The number of hydrogen-bond acceptors (Lipinski definition) is 12. The molecule has 0 amide bonds. The first-order valence-corrected chi connectivity index (χ1v) is 16.9. The van der Waals surface area contributed by atoms with Crippen LogP contribution in [0.4, 0.5) is 0 Å². The van der Waals surface area contributed by atoms with Crippen molar-refractivity contribution >= 4 is 5.97 Å². The van der Waals surface area contributed by atoms with E-state index in [-0.39, 0.29) is 56.8 Å². The predicted molar refractivity (Wildman–Crippen MR) is 181 cm³/mol. The molecule has 12 nitrogen and oxygen atoms in total. The summed E-state index contributed by atoms with van der Waals surface area (Å²) in [6.45, 7) is 7.17. The van der Waals surface area contributed by atoms with Crippen molar-refractivity contribution in [3.63, 3.8) is 0 Å². The van der Waals surface area contributed by atoms with Crippen molar-refractivity contribution in [3.8, 4) is 0 Å². The summed E-state index contributed by atoms with van der Waals surface area (Å²) in [5.74, 6) is -1.63. The molecule has 0 bridgehead atoms. The Bertz CT molecular complexity index is 1040. The number of aliphatic hydroxyl groups excluding tert-OH is 10. The lowest BCUT2D eigenvalue weighted by molar-refractivity contribution is -0.147. The lowest BCUT2D eigenvalue weighted by Gasteiger charge is -2.28. The van der Waals surface area contributed by atoms with E-state index in [1.54, 1.807) is 30.4 Å². The van der Waals surface area contributed by atoms with Gasteiger partial charge in [0.1, 0.15) is 6.10 Å². The van der Waals surface area contributed by atoms with E-state index < -0.39 is 79.0 Å². The molecule has 0 fully saturated rings. The van der Waals surface area contributed by atoms with Crippen molar-refractivity contribution in [3.05, 3.63) is 60.8 Å². The molecule has 48 heavy (non-hydrogen) atoms. The van der Waals surface area contributed by atoms with Crippen LogP contribution in [0, 0.1) is 17.8 Å². The molecule has 13 atom stereocenters. The topological polar surface area (TPSA) is 229 Å². The number of rotatable bonds is 1. The van der Waals surface area contributed by atoms with Gasteiger partial charge in [0.15, 0.2) is 0 Å². The normalized spacial score (nSPS) is 38.6. The van der Waals surface area contributed by atoms with Gasteiger partial charge in [-0.05, 0) is 38.0 Å². The molecule has 13 unspecified atom stereocenters. The zero-order valence-corrected chi connectivity index (χ0v) is 28.6. The molecule has 10 N–H and O–H groups in total. The first kappa shape index (κ1) is 43.8. The number of esters is 1. The highest BCUT2D eigenvalue weighted by Gasteiger charge is 2.29. The van der Waals surface area contributed by atoms with Crippen molar-refractivity contribution < 1.29 is 60.6 Å². The molecule has 1 aliphatic rings. The summed E-state index contributed by atoms with van der Waals surface area (Å²) >= 11 is 0. The van der Waals surface area contributed by atoms with Crippen LogP contribution in [0.3, 0.4) is 0 Å². The number of ether oxygens (including phenoxy) is 1. The van der Waals surface area contributed by atoms with Crippen LogP contribution in [-0.2, 0) is 9.53 Å². The quantitative estimate of drug-likeness (QED) is 0.138. The van der Waals surface area contributed by atoms with E-state index in [0.717, 1.165) is 0 Å². The van der Waals surface area contributed by atoms with Crippen molar-refractivity contribution in [2.75, 3.05) is 0 Å². The Balaban J connectivity index is 3.04. The van der Waals surface area contributed by atoms with E-state index in [2.05, 4.69) is 0 Å². The lowest BCUT2D eigenvalue weighted by atomic mass is 9.88. The Kier molecular flexibility index (Phi) is 21.2. The van der Waals surface area contributed by atoms with Gasteiger partial charge in [-0.15, -0.1) is 0 Å². The highest BCUT2D eigenvalue weighted by atomic mass is 16.5. The summed E-state index contributed by atoms with van der Waals surface area (Å²) in [5, 5.41) is 104. The van der Waals surface area contributed by atoms with Crippen molar-refractivity contribution in [1.29, 1.82) is 0 Å². The van der Waals surface area contributed by atoms with Crippen LogP contribution in [0.25, 0.3) is 0 Å². The lowest BCUT2D eigenvalue weighted by Crippen LogP contribution is -2.37. The largest absolute Gasteiger partial charge is 0.458 e. The average Bonchev–Trinajstić information content (AvgIpc) is 2.97. The Morgan fingerprint density at radius 2 is 1.02 bits per heavy atom. The number of allylic oxidation sites excluding steroid dienone is 6. The first-order chi connectivity index (χ1) is 22.5. The molecule has 276 valence electrons. The highest BCUT2D eigenvalue weighted by molar-refractivity contribution is 5.82. The van der Waals surface area contributed by atoms with Crippen LogP contribution in [-0.4, -0.2) is 124 Å². The van der Waals surface area contributed by atoms with Gasteiger partial charge in [-0.25, -0.2) is 4.79 Å². The highest BCUT2D eigenvalue weighted by Crippen LogP contribution is 2.22. The Hall–Kier alpha value is -2.23. The van der Waals surface area contributed by atoms with Crippen LogP contribution >= 0.6 is 0 Å². The zero-order valence-electron chi connectivity index (χ0n) is 28.6. The van der Waals surface area contributed by atoms with Crippen molar-refractivity contribution in [1.82, 2.24) is 0 Å². The van der Waals surface area contributed by atoms with E-state index in [1.165, 1.54) is 37.3 Å². The molecule has 0 aromatic rings. The Morgan fingerprint density at radius 1 is 0.562 bits per heavy atom. The van der Waals surface area contributed by atoms with Crippen LogP contribution in [0.1, 0.15) is 72.6 Å². The smallest absolute Gasteiger partial charge is 0.331 e. The third kappa shape index (κ3) is 18.5. The van der Waals surface area contributed by atoms with E-state index in [0.29, 0.717) is 0 Å². The van der Waals surface area contributed by atoms with E-state index in [1.807, 2.05) is 20.8 Å². The van der Waals surface area contributed by atoms with Crippen LogP contribution in [0.5, 0.6) is 0 Å². The molecule has 0 radical (unpaired) electrons. The van der Waals surface area contributed by atoms with Crippen molar-refractivity contribution in [2.45, 2.75) is 140 Å². The molecule has 1 aliphatic heterocycles. The molecule has 12 heteroatoms. The molecule has 1 rings (SSSR count). The van der Waals surface area contributed by atoms with Gasteiger partial charge in [0.25, 0.3) is 0 Å². The summed E-state index contributed by atoms with van der Waals surface area (Å²) in [7, 11) is 0. The number of carbonyl (C=O) groups is 1. The monoisotopic (exact) mass is 684 g/mol. The van der Waals surface area contributed by atoms with Gasteiger partial charge in [-0.1, -0.05) is 82.4 Å². The molecule has 0 saturated heterocycles. The minimum atomic E-state index is -1.33. The first-order valence-electron chi connectivity index (χ1n) is 16.9. The number of carbonyl (C=O) groups excluding carboxylic acids is 1. The minimum Gasteiger partial charge on any atom is -0.458 e. The molecular weight excluding hydrogens is 624 g/mol. The molecule has 0 aromatic carbocycles.